The number of rotatable bonds is 1. The summed E-state index contributed by atoms with van der Waals surface area (Å²) < 4.78 is 14.9. The third-order valence-electron chi connectivity index (χ3n) is 3.97. The monoisotopic (exact) mass is 290 g/mol. The molecule has 0 saturated carbocycles. The summed E-state index contributed by atoms with van der Waals surface area (Å²) in [4.78, 5) is 12.1. The van der Waals surface area contributed by atoms with Crippen LogP contribution in [0.15, 0.2) is 23.0 Å². The van der Waals surface area contributed by atoms with Crippen LogP contribution in [-0.2, 0) is 24.9 Å². The highest BCUT2D eigenvalue weighted by Gasteiger charge is 2.18. The van der Waals surface area contributed by atoms with Crippen LogP contribution in [0.1, 0.15) is 17.5 Å². The predicted molar refractivity (Wildman–Crippen MR) is 83.4 cm³/mol. The number of imidazole rings is 1. The molecule has 1 unspecified atom stereocenters. The molecule has 2 aromatic rings. The predicted octanol–water partition coefficient (Wildman–Crippen LogP) is 1.72. The number of aryl methyl sites for hydroxylation is 3. The lowest BCUT2D eigenvalue weighted by Crippen LogP contribution is -2.19. The van der Waals surface area contributed by atoms with Crippen molar-refractivity contribution < 1.29 is 4.21 Å². The van der Waals surface area contributed by atoms with Crippen LogP contribution in [0.3, 0.4) is 0 Å². The lowest BCUT2D eigenvalue weighted by Gasteiger charge is -2.15. The molecular formula is C15H18N2O2S. The first-order valence-electron chi connectivity index (χ1n) is 6.69. The number of aromatic nitrogens is 2. The van der Waals surface area contributed by atoms with Crippen LogP contribution in [0.4, 0.5) is 0 Å². The van der Waals surface area contributed by atoms with Crippen molar-refractivity contribution in [2.75, 3.05) is 11.5 Å². The maximum atomic E-state index is 12.1. The molecule has 0 aliphatic carbocycles. The fourth-order valence-electron chi connectivity index (χ4n) is 2.88. The molecule has 4 nitrogen and oxygen atoms in total. The lowest BCUT2D eigenvalue weighted by molar-refractivity contribution is 0.684. The zero-order valence-electron chi connectivity index (χ0n) is 12.0. The van der Waals surface area contributed by atoms with Crippen molar-refractivity contribution in [2.45, 2.75) is 13.3 Å². The van der Waals surface area contributed by atoms with Gasteiger partial charge in [0.05, 0.1) is 11.0 Å². The molecule has 1 aliphatic heterocycles. The SMILES string of the molecule is Cc1cc(C2=CCS(=O)CC2)c2c(c1)n(C)c(=O)n2C. The zero-order chi connectivity index (χ0) is 14.4. The lowest BCUT2D eigenvalue weighted by atomic mass is 9.99. The zero-order valence-corrected chi connectivity index (χ0v) is 12.8. The Morgan fingerprint density at radius 3 is 2.60 bits per heavy atom. The smallest absolute Gasteiger partial charge is 0.295 e. The van der Waals surface area contributed by atoms with E-state index >= 15 is 0 Å². The minimum atomic E-state index is -0.728. The number of benzene rings is 1. The Morgan fingerprint density at radius 2 is 1.95 bits per heavy atom. The number of fused-ring (bicyclic) bond motifs is 1. The van der Waals surface area contributed by atoms with Crippen LogP contribution < -0.4 is 5.69 Å². The molecule has 1 atom stereocenters. The standard InChI is InChI=1S/C15H18N2O2S/c1-10-8-12(11-4-6-20(19)7-5-11)14-13(9-10)16(2)15(18)17(14)3/h4,8-9H,5-7H2,1-3H3. The quantitative estimate of drug-likeness (QED) is 0.802. The first kappa shape index (κ1) is 13.4. The molecule has 1 aliphatic rings. The topological polar surface area (TPSA) is 44.0 Å². The van der Waals surface area contributed by atoms with E-state index in [2.05, 4.69) is 12.1 Å². The first-order chi connectivity index (χ1) is 9.49. The van der Waals surface area contributed by atoms with E-state index in [1.165, 1.54) is 5.57 Å². The summed E-state index contributed by atoms with van der Waals surface area (Å²) in [6.07, 6.45) is 2.87. The van der Waals surface area contributed by atoms with Crippen molar-refractivity contribution in [3.05, 3.63) is 39.8 Å². The van der Waals surface area contributed by atoms with Gasteiger partial charge in [-0.1, -0.05) is 6.08 Å². The molecule has 0 fully saturated rings. The van der Waals surface area contributed by atoms with Gasteiger partial charge in [-0.05, 0) is 36.6 Å². The van der Waals surface area contributed by atoms with Gasteiger partial charge in [0.1, 0.15) is 0 Å². The van der Waals surface area contributed by atoms with Crippen molar-refractivity contribution in [3.63, 3.8) is 0 Å². The van der Waals surface area contributed by atoms with Crippen LogP contribution >= 0.6 is 0 Å². The van der Waals surface area contributed by atoms with E-state index in [1.807, 2.05) is 20.0 Å². The molecule has 1 aromatic heterocycles. The third-order valence-corrected chi connectivity index (χ3v) is 5.16. The Bertz CT molecular complexity index is 811. The van der Waals surface area contributed by atoms with Crippen molar-refractivity contribution in [2.24, 2.45) is 14.1 Å². The van der Waals surface area contributed by atoms with Gasteiger partial charge in [-0.3, -0.25) is 13.3 Å². The first-order valence-corrected chi connectivity index (χ1v) is 8.18. The van der Waals surface area contributed by atoms with E-state index < -0.39 is 10.8 Å². The van der Waals surface area contributed by atoms with Gasteiger partial charge >= 0.3 is 5.69 Å². The minimum Gasteiger partial charge on any atom is -0.295 e. The van der Waals surface area contributed by atoms with Crippen LogP contribution in [0, 0.1) is 6.92 Å². The summed E-state index contributed by atoms with van der Waals surface area (Å²) in [7, 11) is 2.89. The van der Waals surface area contributed by atoms with Gasteiger partial charge in [0.15, 0.2) is 0 Å². The Morgan fingerprint density at radius 1 is 1.20 bits per heavy atom. The summed E-state index contributed by atoms with van der Waals surface area (Å²) in [5, 5.41) is 0. The van der Waals surface area contributed by atoms with Crippen molar-refractivity contribution in [1.82, 2.24) is 9.13 Å². The second-order valence-electron chi connectivity index (χ2n) is 5.37. The molecule has 1 aromatic carbocycles. The molecule has 0 bridgehead atoms. The van der Waals surface area contributed by atoms with Gasteiger partial charge in [0, 0.05) is 42.0 Å². The summed E-state index contributed by atoms with van der Waals surface area (Å²) in [5.74, 6) is 1.33. The fourth-order valence-corrected chi connectivity index (χ4v) is 3.89. The Labute approximate surface area is 120 Å². The number of nitrogens with zero attached hydrogens (tertiary/aromatic N) is 2. The van der Waals surface area contributed by atoms with E-state index in [-0.39, 0.29) is 5.69 Å². The van der Waals surface area contributed by atoms with Gasteiger partial charge in [-0.2, -0.15) is 0 Å². The minimum absolute atomic E-state index is 0.00756. The van der Waals surface area contributed by atoms with Crippen molar-refractivity contribution >= 4 is 27.4 Å². The second-order valence-corrected chi connectivity index (χ2v) is 6.99. The average molecular weight is 290 g/mol. The van der Waals surface area contributed by atoms with Crippen molar-refractivity contribution in [3.8, 4) is 0 Å². The molecule has 0 spiro atoms. The number of allylic oxidation sites excluding steroid dienone is 1. The maximum Gasteiger partial charge on any atom is 0.328 e. The third kappa shape index (κ3) is 1.97. The number of hydrogen-bond acceptors (Lipinski definition) is 2. The van der Waals surface area contributed by atoms with Gasteiger partial charge in [0.2, 0.25) is 0 Å². The van der Waals surface area contributed by atoms with E-state index in [0.717, 1.165) is 28.6 Å². The molecule has 0 amide bonds. The van der Waals surface area contributed by atoms with E-state index in [1.54, 1.807) is 16.2 Å². The molecule has 106 valence electrons. The Hall–Kier alpha value is -1.62. The Balaban J connectivity index is 2.33. The highest BCUT2D eigenvalue weighted by Crippen LogP contribution is 2.29. The Kier molecular flexibility index (Phi) is 3.17. The number of hydrogen-bond donors (Lipinski definition) is 0. The second kappa shape index (κ2) is 4.74. The van der Waals surface area contributed by atoms with Crippen LogP contribution in [0.5, 0.6) is 0 Å². The van der Waals surface area contributed by atoms with Crippen LogP contribution in [0.2, 0.25) is 0 Å². The summed E-state index contributed by atoms with van der Waals surface area (Å²) in [6.45, 7) is 2.04. The highest BCUT2D eigenvalue weighted by atomic mass is 32.2. The maximum absolute atomic E-state index is 12.1. The van der Waals surface area contributed by atoms with Gasteiger partial charge in [0.25, 0.3) is 0 Å². The molecule has 3 rings (SSSR count). The normalized spacial score (nSPS) is 19.4. The van der Waals surface area contributed by atoms with Crippen LogP contribution in [0.25, 0.3) is 16.6 Å². The largest absolute Gasteiger partial charge is 0.328 e. The summed E-state index contributed by atoms with van der Waals surface area (Å²) in [6, 6.07) is 4.17. The van der Waals surface area contributed by atoms with E-state index in [4.69, 9.17) is 0 Å². The molecule has 0 N–H and O–H groups in total. The molecular weight excluding hydrogens is 272 g/mol. The van der Waals surface area contributed by atoms with Gasteiger partial charge < -0.3 is 0 Å². The van der Waals surface area contributed by atoms with Gasteiger partial charge in [-0.15, -0.1) is 0 Å². The van der Waals surface area contributed by atoms with Crippen molar-refractivity contribution in [1.29, 1.82) is 0 Å². The molecule has 0 radical (unpaired) electrons. The average Bonchev–Trinajstić information content (AvgIpc) is 2.64. The molecule has 0 saturated heterocycles. The molecule has 5 heteroatoms. The van der Waals surface area contributed by atoms with E-state index in [0.29, 0.717) is 11.5 Å². The van der Waals surface area contributed by atoms with E-state index in [9.17, 15) is 9.00 Å². The highest BCUT2D eigenvalue weighted by molar-refractivity contribution is 7.85. The fraction of sp³-hybridized carbons (Fsp3) is 0.400. The summed E-state index contributed by atoms with van der Waals surface area (Å²) >= 11 is 0. The van der Waals surface area contributed by atoms with Gasteiger partial charge in [-0.25, -0.2) is 4.79 Å². The molecule has 2 heterocycles. The van der Waals surface area contributed by atoms with Crippen LogP contribution in [-0.4, -0.2) is 24.8 Å². The molecule has 20 heavy (non-hydrogen) atoms. The summed E-state index contributed by atoms with van der Waals surface area (Å²) in [5.41, 5.74) is 5.38.